The molecule has 0 amide bonds. The van der Waals surface area contributed by atoms with Crippen LogP contribution in [0.5, 0.6) is 0 Å². The number of hydrogen-bond acceptors (Lipinski definition) is 4. The lowest BCUT2D eigenvalue weighted by Gasteiger charge is -2.33. The standard InChI is InChI=1S/C11H17ClFN3O2S/c1-11(13,8-3-5-14-6-4-8)19(17,18)10-7-9(12)15-16(10)2/h7-8,14H,3-6H2,1-2H3. The van der Waals surface area contributed by atoms with Crippen molar-refractivity contribution in [3.8, 4) is 0 Å². The molecule has 0 saturated carbocycles. The Morgan fingerprint density at radius 1 is 1.53 bits per heavy atom. The lowest BCUT2D eigenvalue weighted by atomic mass is 9.93. The monoisotopic (exact) mass is 309 g/mol. The number of piperidine rings is 1. The number of aryl methyl sites for hydroxylation is 1. The third-order valence-electron chi connectivity index (χ3n) is 3.68. The summed E-state index contributed by atoms with van der Waals surface area (Å²) < 4.78 is 41.0. The van der Waals surface area contributed by atoms with Gasteiger partial charge in [-0.15, -0.1) is 0 Å². The molecule has 108 valence electrons. The van der Waals surface area contributed by atoms with Crippen molar-refractivity contribution in [1.29, 1.82) is 0 Å². The van der Waals surface area contributed by atoms with Crippen LogP contribution < -0.4 is 5.32 Å². The van der Waals surface area contributed by atoms with Crippen molar-refractivity contribution in [3.05, 3.63) is 11.2 Å². The molecule has 0 aromatic carbocycles. The zero-order valence-electron chi connectivity index (χ0n) is 10.9. The number of rotatable bonds is 3. The van der Waals surface area contributed by atoms with Crippen LogP contribution in [0.15, 0.2) is 11.1 Å². The maximum absolute atomic E-state index is 14.9. The molecule has 0 spiro atoms. The molecule has 1 aromatic rings. The van der Waals surface area contributed by atoms with E-state index in [1.165, 1.54) is 13.1 Å². The summed E-state index contributed by atoms with van der Waals surface area (Å²) in [4.78, 5) is 0. The van der Waals surface area contributed by atoms with E-state index in [0.29, 0.717) is 25.9 Å². The first-order chi connectivity index (χ1) is 8.76. The summed E-state index contributed by atoms with van der Waals surface area (Å²) in [6, 6.07) is 1.19. The van der Waals surface area contributed by atoms with Crippen molar-refractivity contribution in [3.63, 3.8) is 0 Å². The molecule has 5 nitrogen and oxygen atoms in total. The molecule has 19 heavy (non-hydrogen) atoms. The van der Waals surface area contributed by atoms with Gasteiger partial charge in [0, 0.05) is 19.0 Å². The molecule has 1 atom stereocenters. The van der Waals surface area contributed by atoms with Crippen molar-refractivity contribution in [2.24, 2.45) is 13.0 Å². The lowest BCUT2D eigenvalue weighted by molar-refractivity contribution is 0.158. The average Bonchev–Trinajstić information content (AvgIpc) is 2.70. The van der Waals surface area contributed by atoms with Gasteiger partial charge in [0.1, 0.15) is 0 Å². The summed E-state index contributed by atoms with van der Waals surface area (Å²) in [6.45, 7) is 2.40. The predicted molar refractivity (Wildman–Crippen MR) is 70.5 cm³/mol. The maximum Gasteiger partial charge on any atom is 0.230 e. The number of aromatic nitrogens is 2. The predicted octanol–water partition coefficient (Wildman–Crippen LogP) is 1.53. The number of alkyl halides is 1. The van der Waals surface area contributed by atoms with E-state index in [2.05, 4.69) is 10.4 Å². The van der Waals surface area contributed by atoms with Crippen molar-refractivity contribution in [1.82, 2.24) is 15.1 Å². The van der Waals surface area contributed by atoms with Gasteiger partial charge >= 0.3 is 0 Å². The Hall–Kier alpha value is -0.660. The van der Waals surface area contributed by atoms with E-state index in [9.17, 15) is 12.8 Å². The molecule has 1 aliphatic heterocycles. The van der Waals surface area contributed by atoms with Gasteiger partial charge in [-0.05, 0) is 32.9 Å². The smallest absolute Gasteiger partial charge is 0.230 e. The molecule has 2 rings (SSSR count). The minimum atomic E-state index is -4.13. The molecular weight excluding hydrogens is 293 g/mol. The Balaban J connectivity index is 2.40. The van der Waals surface area contributed by atoms with Crippen molar-refractivity contribution < 1.29 is 12.8 Å². The molecule has 1 unspecified atom stereocenters. The van der Waals surface area contributed by atoms with Crippen LogP contribution in [0.3, 0.4) is 0 Å². The third kappa shape index (κ3) is 2.51. The SMILES string of the molecule is Cn1nc(Cl)cc1S(=O)(=O)C(C)(F)C1CCNCC1. The van der Waals surface area contributed by atoms with Crippen LogP contribution in [-0.4, -0.2) is 36.3 Å². The van der Waals surface area contributed by atoms with Crippen molar-refractivity contribution in [2.45, 2.75) is 29.8 Å². The normalized spacial score (nSPS) is 21.3. The van der Waals surface area contributed by atoms with Gasteiger partial charge in [-0.2, -0.15) is 5.10 Å². The van der Waals surface area contributed by atoms with Gasteiger partial charge in [0.05, 0.1) is 0 Å². The Labute approximate surface area is 117 Å². The van der Waals surface area contributed by atoms with Gasteiger partial charge in [-0.3, -0.25) is 4.68 Å². The van der Waals surface area contributed by atoms with E-state index in [1.54, 1.807) is 0 Å². The molecule has 0 radical (unpaired) electrons. The first-order valence-electron chi connectivity index (χ1n) is 6.10. The van der Waals surface area contributed by atoms with Crippen LogP contribution in [0, 0.1) is 5.92 Å². The number of nitrogens with one attached hydrogen (secondary N) is 1. The zero-order valence-corrected chi connectivity index (χ0v) is 12.4. The molecule has 1 fully saturated rings. The van der Waals surface area contributed by atoms with Crippen LogP contribution >= 0.6 is 11.6 Å². The summed E-state index contributed by atoms with van der Waals surface area (Å²) in [5.74, 6) is -0.521. The fourth-order valence-electron chi connectivity index (χ4n) is 2.43. The van der Waals surface area contributed by atoms with E-state index in [-0.39, 0.29) is 10.2 Å². The van der Waals surface area contributed by atoms with E-state index in [0.717, 1.165) is 11.6 Å². The van der Waals surface area contributed by atoms with Gasteiger partial charge in [0.25, 0.3) is 0 Å². The molecule has 8 heteroatoms. The molecule has 2 heterocycles. The second kappa shape index (κ2) is 5.03. The second-order valence-electron chi connectivity index (χ2n) is 4.94. The highest BCUT2D eigenvalue weighted by molar-refractivity contribution is 7.92. The fraction of sp³-hybridized carbons (Fsp3) is 0.727. The summed E-state index contributed by atoms with van der Waals surface area (Å²) in [5.41, 5.74) is 0. The molecule has 1 aliphatic rings. The van der Waals surface area contributed by atoms with Gasteiger partial charge in [0.2, 0.25) is 14.8 Å². The van der Waals surface area contributed by atoms with Crippen LogP contribution in [0.1, 0.15) is 19.8 Å². The Morgan fingerprint density at radius 2 is 2.11 bits per heavy atom. The first-order valence-corrected chi connectivity index (χ1v) is 7.96. The highest BCUT2D eigenvalue weighted by Crippen LogP contribution is 2.38. The number of halogens is 2. The summed E-state index contributed by atoms with van der Waals surface area (Å²) >= 11 is 5.68. The summed E-state index contributed by atoms with van der Waals surface area (Å²) in [5, 5.41) is 4.40. The highest BCUT2D eigenvalue weighted by Gasteiger charge is 2.49. The van der Waals surface area contributed by atoms with E-state index in [1.807, 2.05) is 0 Å². The van der Waals surface area contributed by atoms with Gasteiger partial charge in [-0.25, -0.2) is 12.8 Å². The summed E-state index contributed by atoms with van der Waals surface area (Å²) in [6.07, 6.45) is 0.996. The van der Waals surface area contributed by atoms with Crippen molar-refractivity contribution in [2.75, 3.05) is 13.1 Å². The Bertz CT molecular complexity index is 564. The average molecular weight is 310 g/mol. The molecule has 0 bridgehead atoms. The first kappa shape index (κ1) is 14.7. The van der Waals surface area contributed by atoms with Gasteiger partial charge in [0.15, 0.2) is 10.2 Å². The number of hydrogen-bond donors (Lipinski definition) is 1. The largest absolute Gasteiger partial charge is 0.317 e. The summed E-state index contributed by atoms with van der Waals surface area (Å²) in [7, 11) is -2.68. The minimum absolute atomic E-state index is 0.0437. The van der Waals surface area contributed by atoms with Crippen LogP contribution in [0.2, 0.25) is 5.15 Å². The second-order valence-corrected chi connectivity index (χ2v) is 7.55. The maximum atomic E-state index is 14.9. The van der Waals surface area contributed by atoms with Crippen LogP contribution in [-0.2, 0) is 16.9 Å². The van der Waals surface area contributed by atoms with Gasteiger partial charge in [-0.1, -0.05) is 11.6 Å². The quantitative estimate of drug-likeness (QED) is 0.920. The van der Waals surface area contributed by atoms with E-state index >= 15 is 0 Å². The fourth-order valence-corrected chi connectivity index (χ4v) is 4.45. The lowest BCUT2D eigenvalue weighted by Crippen LogP contribution is -2.44. The molecular formula is C11H17ClFN3O2S. The zero-order chi connectivity index (χ0) is 14.3. The van der Waals surface area contributed by atoms with E-state index in [4.69, 9.17) is 11.6 Å². The molecule has 1 saturated heterocycles. The number of nitrogens with zero attached hydrogens (tertiary/aromatic N) is 2. The third-order valence-corrected chi connectivity index (χ3v) is 6.18. The van der Waals surface area contributed by atoms with Crippen molar-refractivity contribution >= 4 is 21.4 Å². The molecule has 1 N–H and O–H groups in total. The van der Waals surface area contributed by atoms with Crippen LogP contribution in [0.4, 0.5) is 4.39 Å². The number of sulfone groups is 1. The molecule has 0 aliphatic carbocycles. The highest BCUT2D eigenvalue weighted by atomic mass is 35.5. The minimum Gasteiger partial charge on any atom is -0.317 e. The Kier molecular flexibility index (Phi) is 3.90. The van der Waals surface area contributed by atoms with Crippen LogP contribution in [0.25, 0.3) is 0 Å². The van der Waals surface area contributed by atoms with Gasteiger partial charge < -0.3 is 5.32 Å². The molecule has 1 aromatic heterocycles. The topological polar surface area (TPSA) is 64.0 Å². The Morgan fingerprint density at radius 3 is 2.58 bits per heavy atom. The van der Waals surface area contributed by atoms with E-state index < -0.39 is 20.8 Å².